The Morgan fingerprint density at radius 1 is 1.27 bits per heavy atom. The first-order valence-electron chi connectivity index (χ1n) is 7.98. The molecule has 0 spiro atoms. The van der Waals surface area contributed by atoms with E-state index in [0.717, 1.165) is 24.8 Å². The van der Waals surface area contributed by atoms with Crippen LogP contribution in [0.4, 0.5) is 4.79 Å². The number of nitrogens with one attached hydrogen (secondary N) is 1. The van der Waals surface area contributed by atoms with E-state index in [-0.39, 0.29) is 12.2 Å². The quantitative estimate of drug-likeness (QED) is 0.765. The fraction of sp³-hybridized carbons (Fsp3) is 0.824. The lowest BCUT2D eigenvalue weighted by molar-refractivity contribution is -0.0328. The Hall–Kier alpha value is -1.07. The van der Waals surface area contributed by atoms with Crippen LogP contribution in [0, 0.1) is 0 Å². The maximum absolute atomic E-state index is 12.0. The SMILES string of the molecule is CC(C)(C)OC[C@H](NC(=O)OC(C)(C)C)[C@@H](O)C1=CCCC1. The summed E-state index contributed by atoms with van der Waals surface area (Å²) in [5.41, 5.74) is 0.0629. The molecule has 0 aromatic rings. The molecule has 0 unspecified atom stereocenters. The first kappa shape index (κ1) is 19.0. The molecule has 0 saturated heterocycles. The van der Waals surface area contributed by atoms with E-state index < -0.39 is 23.8 Å². The number of amides is 1. The molecule has 128 valence electrons. The van der Waals surface area contributed by atoms with Crippen LogP contribution in [0.2, 0.25) is 0 Å². The average Bonchev–Trinajstić information content (AvgIpc) is 2.83. The summed E-state index contributed by atoms with van der Waals surface area (Å²) in [6.45, 7) is 11.5. The number of aliphatic hydroxyl groups excluding tert-OH is 1. The largest absolute Gasteiger partial charge is 0.444 e. The van der Waals surface area contributed by atoms with Crippen LogP contribution >= 0.6 is 0 Å². The molecule has 0 saturated carbocycles. The van der Waals surface area contributed by atoms with Crippen LogP contribution < -0.4 is 5.32 Å². The number of rotatable bonds is 5. The molecular formula is C17H31NO4. The molecule has 0 fully saturated rings. The highest BCUT2D eigenvalue weighted by atomic mass is 16.6. The molecule has 5 heteroatoms. The minimum Gasteiger partial charge on any atom is -0.444 e. The average molecular weight is 313 g/mol. The fourth-order valence-corrected chi connectivity index (χ4v) is 2.23. The predicted molar refractivity (Wildman–Crippen MR) is 86.8 cm³/mol. The molecule has 0 radical (unpaired) electrons. The van der Waals surface area contributed by atoms with Gasteiger partial charge in [-0.3, -0.25) is 0 Å². The maximum atomic E-state index is 12.0. The Morgan fingerprint density at radius 2 is 1.91 bits per heavy atom. The molecule has 2 atom stereocenters. The first-order valence-corrected chi connectivity index (χ1v) is 7.98. The summed E-state index contributed by atoms with van der Waals surface area (Å²) in [6.07, 6.45) is 3.66. The van der Waals surface area contributed by atoms with Crippen LogP contribution in [0.3, 0.4) is 0 Å². The van der Waals surface area contributed by atoms with Gasteiger partial charge in [0, 0.05) is 0 Å². The lowest BCUT2D eigenvalue weighted by atomic mass is 10.0. The smallest absolute Gasteiger partial charge is 0.408 e. The number of hydrogen-bond donors (Lipinski definition) is 2. The molecule has 2 N–H and O–H groups in total. The van der Waals surface area contributed by atoms with Crippen LogP contribution in [0.25, 0.3) is 0 Å². The Morgan fingerprint density at radius 3 is 2.36 bits per heavy atom. The number of carbonyl (C=O) groups is 1. The normalized spacial score (nSPS) is 18.6. The number of carbonyl (C=O) groups excluding carboxylic acids is 1. The van der Waals surface area contributed by atoms with Crippen molar-refractivity contribution < 1.29 is 19.4 Å². The standard InChI is InChI=1S/C17H31NO4/c1-16(2,3)21-11-13(14(19)12-9-7-8-10-12)18-15(20)22-17(4,5)6/h9,13-14,19H,7-8,10-11H2,1-6H3,(H,18,20)/t13-,14-/m0/s1. The third-order valence-corrected chi connectivity index (χ3v) is 3.24. The molecule has 1 amide bonds. The van der Waals surface area contributed by atoms with Crippen LogP contribution in [-0.2, 0) is 9.47 Å². The minimum atomic E-state index is -0.739. The Balaban J connectivity index is 2.70. The molecule has 0 heterocycles. The zero-order chi connectivity index (χ0) is 17.0. The number of aliphatic hydroxyl groups is 1. The molecule has 1 aliphatic carbocycles. The van der Waals surface area contributed by atoms with E-state index in [1.54, 1.807) is 0 Å². The minimum absolute atomic E-state index is 0.237. The van der Waals surface area contributed by atoms with Gasteiger partial charge in [-0.15, -0.1) is 0 Å². The zero-order valence-electron chi connectivity index (χ0n) is 14.7. The van der Waals surface area contributed by atoms with Crippen LogP contribution in [-0.4, -0.2) is 41.2 Å². The predicted octanol–water partition coefficient (Wildman–Crippen LogP) is 3.17. The molecule has 5 nitrogen and oxygen atoms in total. The van der Waals surface area contributed by atoms with Gasteiger partial charge in [0.15, 0.2) is 0 Å². The highest BCUT2D eigenvalue weighted by molar-refractivity contribution is 5.68. The summed E-state index contributed by atoms with van der Waals surface area (Å²) in [6, 6.07) is -0.515. The summed E-state index contributed by atoms with van der Waals surface area (Å²) in [4.78, 5) is 12.0. The van der Waals surface area contributed by atoms with E-state index in [9.17, 15) is 9.90 Å². The van der Waals surface area contributed by atoms with Gasteiger partial charge in [0.05, 0.1) is 24.4 Å². The van der Waals surface area contributed by atoms with Crippen LogP contribution in [0.1, 0.15) is 60.8 Å². The summed E-state index contributed by atoms with van der Waals surface area (Å²) in [5, 5.41) is 13.3. The first-order chi connectivity index (χ1) is 9.98. The van der Waals surface area contributed by atoms with Crippen molar-refractivity contribution in [3.05, 3.63) is 11.6 Å². The van der Waals surface area contributed by atoms with Crippen molar-refractivity contribution >= 4 is 6.09 Å². The Bertz CT molecular complexity index is 404. The van der Waals surface area contributed by atoms with Crippen LogP contribution in [0.5, 0.6) is 0 Å². The van der Waals surface area contributed by atoms with E-state index in [0.29, 0.717) is 0 Å². The molecule has 0 aromatic carbocycles. The van der Waals surface area contributed by atoms with E-state index in [2.05, 4.69) is 5.32 Å². The highest BCUT2D eigenvalue weighted by Crippen LogP contribution is 2.23. The number of ether oxygens (including phenoxy) is 2. The fourth-order valence-electron chi connectivity index (χ4n) is 2.23. The number of allylic oxidation sites excluding steroid dienone is 1. The number of hydrogen-bond acceptors (Lipinski definition) is 4. The van der Waals surface area contributed by atoms with Gasteiger partial charge in [0.2, 0.25) is 0 Å². The molecule has 22 heavy (non-hydrogen) atoms. The molecular weight excluding hydrogens is 282 g/mol. The second-order valence-corrected chi connectivity index (χ2v) is 7.79. The third-order valence-electron chi connectivity index (χ3n) is 3.24. The van der Waals surface area contributed by atoms with E-state index in [4.69, 9.17) is 9.47 Å². The Labute approximate surface area is 134 Å². The summed E-state index contributed by atoms with van der Waals surface area (Å²) in [7, 11) is 0. The zero-order valence-corrected chi connectivity index (χ0v) is 14.7. The molecule has 0 aliphatic heterocycles. The van der Waals surface area contributed by atoms with Crippen molar-refractivity contribution in [3.8, 4) is 0 Å². The van der Waals surface area contributed by atoms with Gasteiger partial charge in [0.1, 0.15) is 5.60 Å². The van der Waals surface area contributed by atoms with Gasteiger partial charge in [0.25, 0.3) is 0 Å². The van der Waals surface area contributed by atoms with Crippen molar-refractivity contribution in [1.29, 1.82) is 0 Å². The van der Waals surface area contributed by atoms with Gasteiger partial charge in [-0.1, -0.05) is 6.08 Å². The molecule has 0 aromatic heterocycles. The van der Waals surface area contributed by atoms with Gasteiger partial charge in [-0.25, -0.2) is 4.79 Å². The van der Waals surface area contributed by atoms with Crippen molar-refractivity contribution in [3.63, 3.8) is 0 Å². The highest BCUT2D eigenvalue weighted by Gasteiger charge is 2.29. The summed E-state index contributed by atoms with van der Waals surface area (Å²) < 4.78 is 11.0. The van der Waals surface area contributed by atoms with Gasteiger partial charge in [-0.2, -0.15) is 0 Å². The maximum Gasteiger partial charge on any atom is 0.408 e. The lowest BCUT2D eigenvalue weighted by Gasteiger charge is -2.30. The molecule has 0 bridgehead atoms. The topological polar surface area (TPSA) is 67.8 Å². The second kappa shape index (κ2) is 7.47. The van der Waals surface area contributed by atoms with Gasteiger partial charge in [-0.05, 0) is 66.4 Å². The lowest BCUT2D eigenvalue weighted by Crippen LogP contribution is -2.49. The van der Waals surface area contributed by atoms with E-state index in [1.165, 1.54) is 0 Å². The van der Waals surface area contributed by atoms with Crippen molar-refractivity contribution in [2.24, 2.45) is 0 Å². The van der Waals surface area contributed by atoms with Gasteiger partial charge < -0.3 is 19.9 Å². The second-order valence-electron chi connectivity index (χ2n) is 7.79. The monoisotopic (exact) mass is 313 g/mol. The Kier molecular flexibility index (Phi) is 6.44. The summed E-state index contributed by atoms with van der Waals surface area (Å²) in [5.74, 6) is 0. The molecule has 1 aliphatic rings. The number of alkyl carbamates (subject to hydrolysis) is 1. The van der Waals surface area contributed by atoms with Crippen molar-refractivity contribution in [2.75, 3.05) is 6.61 Å². The van der Waals surface area contributed by atoms with Gasteiger partial charge >= 0.3 is 6.09 Å². The third kappa shape index (κ3) is 7.27. The van der Waals surface area contributed by atoms with E-state index >= 15 is 0 Å². The van der Waals surface area contributed by atoms with Crippen molar-refractivity contribution in [2.45, 2.75) is 84.2 Å². The summed E-state index contributed by atoms with van der Waals surface area (Å²) >= 11 is 0. The van der Waals surface area contributed by atoms with Crippen molar-refractivity contribution in [1.82, 2.24) is 5.32 Å². The van der Waals surface area contributed by atoms with Crippen LogP contribution in [0.15, 0.2) is 11.6 Å². The molecule has 1 rings (SSSR count). The van der Waals surface area contributed by atoms with E-state index in [1.807, 2.05) is 47.6 Å².